The number of benzene rings is 2. The fourth-order valence-electron chi connectivity index (χ4n) is 5.21. The number of tetrazole rings is 1. The second-order valence-corrected chi connectivity index (χ2v) is 9.45. The zero-order chi connectivity index (χ0) is 24.2. The van der Waals surface area contributed by atoms with Gasteiger partial charge in [0.05, 0.1) is 12.2 Å². The number of nitrogens with one attached hydrogen (secondary N) is 1. The monoisotopic (exact) mass is 474 g/mol. The predicted molar refractivity (Wildman–Crippen MR) is 133 cm³/mol. The van der Waals surface area contributed by atoms with E-state index in [1.807, 2.05) is 55.5 Å². The molecule has 0 saturated heterocycles. The summed E-state index contributed by atoms with van der Waals surface area (Å²) in [5.74, 6) is 0.572. The topological polar surface area (TPSA) is 81.4 Å². The van der Waals surface area contributed by atoms with Gasteiger partial charge in [-0.3, -0.25) is 9.13 Å². The average molecular weight is 475 g/mol. The first-order chi connectivity index (χ1) is 17.2. The van der Waals surface area contributed by atoms with Gasteiger partial charge < -0.3 is 0 Å². The molecule has 1 N–H and O–H groups in total. The average Bonchev–Trinajstić information content (AvgIpc) is 3.51. The van der Waals surface area contributed by atoms with Crippen molar-refractivity contribution in [2.75, 3.05) is 0 Å². The van der Waals surface area contributed by atoms with Crippen LogP contribution in [0.3, 0.4) is 0 Å². The molecule has 1 saturated carbocycles. The van der Waals surface area contributed by atoms with Gasteiger partial charge in [0.25, 0.3) is 0 Å². The number of nitrogens with zero attached hydrogens (tertiary/aromatic N) is 5. The van der Waals surface area contributed by atoms with Crippen molar-refractivity contribution in [2.24, 2.45) is 5.92 Å². The Kier molecular flexibility index (Phi) is 6.88. The second-order valence-electron chi connectivity index (χ2n) is 9.45. The number of aromatic amines is 1. The van der Waals surface area contributed by atoms with E-state index < -0.39 is 0 Å². The fourth-order valence-corrected chi connectivity index (χ4v) is 5.21. The summed E-state index contributed by atoms with van der Waals surface area (Å²) in [6.45, 7) is 2.86. The molecule has 0 bridgehead atoms. The van der Waals surface area contributed by atoms with Crippen LogP contribution in [0.4, 0.5) is 4.39 Å². The maximum absolute atomic E-state index is 15.4. The normalized spacial score (nSPS) is 14.5. The van der Waals surface area contributed by atoms with Crippen LogP contribution >= 0.6 is 0 Å². The smallest absolute Gasteiger partial charge is 0.289 e. The van der Waals surface area contributed by atoms with Crippen LogP contribution in [0, 0.1) is 11.9 Å². The van der Waals surface area contributed by atoms with E-state index in [1.165, 1.54) is 23.8 Å². The summed E-state index contributed by atoms with van der Waals surface area (Å²) in [6.07, 6.45) is 7.08. The van der Waals surface area contributed by atoms with Crippen molar-refractivity contribution >= 4 is 0 Å². The van der Waals surface area contributed by atoms with Crippen LogP contribution in [0.2, 0.25) is 0 Å². The number of imidazole rings is 1. The summed E-state index contributed by atoms with van der Waals surface area (Å²) in [7, 11) is 0. The zero-order valence-corrected chi connectivity index (χ0v) is 20.1. The van der Waals surface area contributed by atoms with Crippen LogP contribution in [-0.2, 0) is 19.5 Å². The van der Waals surface area contributed by atoms with Crippen LogP contribution in [-0.4, -0.2) is 29.8 Å². The molecule has 0 aliphatic heterocycles. The van der Waals surface area contributed by atoms with Crippen LogP contribution in [0.25, 0.3) is 22.5 Å². The third kappa shape index (κ3) is 4.83. The van der Waals surface area contributed by atoms with Crippen molar-refractivity contribution in [3.63, 3.8) is 0 Å². The van der Waals surface area contributed by atoms with Crippen LogP contribution < -0.4 is 5.69 Å². The van der Waals surface area contributed by atoms with Crippen molar-refractivity contribution in [1.29, 1.82) is 0 Å². The summed E-state index contributed by atoms with van der Waals surface area (Å²) in [4.78, 5) is 13.3. The van der Waals surface area contributed by atoms with Crippen LogP contribution in [0.5, 0.6) is 0 Å². The lowest BCUT2D eigenvalue weighted by molar-refractivity contribution is 0.299. The Hall–Kier alpha value is -3.55. The Morgan fingerprint density at radius 3 is 2.43 bits per heavy atom. The molecule has 2 aromatic carbocycles. The molecule has 0 radical (unpaired) electrons. The molecule has 5 rings (SSSR count). The quantitative estimate of drug-likeness (QED) is 0.380. The summed E-state index contributed by atoms with van der Waals surface area (Å²) in [5, 5.41) is 14.4. The van der Waals surface area contributed by atoms with Gasteiger partial charge in [-0.25, -0.2) is 4.79 Å². The third-order valence-corrected chi connectivity index (χ3v) is 7.03. The van der Waals surface area contributed by atoms with E-state index in [4.69, 9.17) is 0 Å². The number of hydrogen-bond donors (Lipinski definition) is 1. The van der Waals surface area contributed by atoms with Gasteiger partial charge in [-0.05, 0) is 47.1 Å². The molecule has 182 valence electrons. The minimum Gasteiger partial charge on any atom is -0.289 e. The molecule has 7 nitrogen and oxygen atoms in total. The number of halogens is 1. The van der Waals surface area contributed by atoms with E-state index in [1.54, 1.807) is 4.57 Å². The molecular weight excluding hydrogens is 443 g/mol. The molecular formula is C27H31FN6O. The molecule has 1 aliphatic rings. The van der Waals surface area contributed by atoms with Crippen molar-refractivity contribution in [2.45, 2.75) is 65.0 Å². The summed E-state index contributed by atoms with van der Waals surface area (Å²) in [6, 6.07) is 15.9. The standard InChI is InChI=1S/C27H31FN6O/c1-2-8-24-25(28)34(18-19-9-4-3-5-10-19)27(35)33(24)17-20-13-15-21(16-14-20)22-11-6-7-12-23(22)26-29-31-32-30-26/h6-7,11-16,19H,2-5,8-10,17-18H2,1H3,(H,29,30,31,32). The molecule has 0 unspecified atom stereocenters. The number of aromatic nitrogens is 6. The van der Waals surface area contributed by atoms with E-state index in [9.17, 15) is 4.79 Å². The zero-order valence-electron chi connectivity index (χ0n) is 20.1. The lowest BCUT2D eigenvalue weighted by Gasteiger charge is -2.21. The SMILES string of the molecule is CCCc1c(F)n(CC2CCCCC2)c(=O)n1Cc1ccc(-c2ccccc2-c2nn[nH]n2)cc1. The molecule has 0 atom stereocenters. The van der Waals surface area contributed by atoms with Gasteiger partial charge in [0.1, 0.15) is 0 Å². The van der Waals surface area contributed by atoms with Crippen molar-refractivity contribution < 1.29 is 4.39 Å². The molecule has 8 heteroatoms. The molecule has 0 amide bonds. The van der Waals surface area contributed by atoms with E-state index >= 15 is 4.39 Å². The van der Waals surface area contributed by atoms with Gasteiger partial charge in [-0.2, -0.15) is 9.60 Å². The van der Waals surface area contributed by atoms with Crippen molar-refractivity contribution in [3.05, 3.63) is 76.2 Å². The van der Waals surface area contributed by atoms with Crippen molar-refractivity contribution in [1.82, 2.24) is 29.8 Å². The van der Waals surface area contributed by atoms with Gasteiger partial charge in [-0.1, -0.05) is 81.1 Å². The maximum atomic E-state index is 15.4. The number of rotatable bonds is 8. The highest BCUT2D eigenvalue weighted by atomic mass is 19.1. The van der Waals surface area contributed by atoms with Gasteiger partial charge in [0.2, 0.25) is 11.8 Å². The van der Waals surface area contributed by atoms with Gasteiger partial charge in [-0.15, -0.1) is 10.2 Å². The largest absolute Gasteiger partial charge is 0.330 e. The van der Waals surface area contributed by atoms with E-state index in [0.717, 1.165) is 41.5 Å². The predicted octanol–water partition coefficient (Wildman–Crippen LogP) is 5.22. The second kappa shape index (κ2) is 10.4. The van der Waals surface area contributed by atoms with Crippen LogP contribution in [0.1, 0.15) is 56.7 Å². The highest BCUT2D eigenvalue weighted by molar-refractivity contribution is 5.80. The molecule has 35 heavy (non-hydrogen) atoms. The minimum absolute atomic E-state index is 0.233. The lowest BCUT2D eigenvalue weighted by Crippen LogP contribution is -2.29. The first-order valence-corrected chi connectivity index (χ1v) is 12.6. The van der Waals surface area contributed by atoms with E-state index in [0.29, 0.717) is 36.9 Å². The Labute approximate surface area is 204 Å². The Morgan fingerprint density at radius 2 is 1.74 bits per heavy atom. The number of H-pyrrole nitrogens is 1. The molecule has 0 spiro atoms. The van der Waals surface area contributed by atoms with E-state index in [-0.39, 0.29) is 11.6 Å². The van der Waals surface area contributed by atoms with Crippen molar-refractivity contribution in [3.8, 4) is 22.5 Å². The minimum atomic E-state index is -0.354. The first-order valence-electron chi connectivity index (χ1n) is 12.6. The first kappa shape index (κ1) is 23.2. The van der Waals surface area contributed by atoms with E-state index in [2.05, 4.69) is 20.6 Å². The molecule has 4 aromatic rings. The summed E-state index contributed by atoms with van der Waals surface area (Å²) < 4.78 is 18.4. The highest BCUT2D eigenvalue weighted by Crippen LogP contribution is 2.30. The Balaban J connectivity index is 1.42. The Bertz CT molecular complexity index is 1320. The van der Waals surface area contributed by atoms with Gasteiger partial charge in [0.15, 0.2) is 0 Å². The molecule has 1 fully saturated rings. The molecule has 2 heterocycles. The summed E-state index contributed by atoms with van der Waals surface area (Å²) in [5.41, 5.74) is 4.13. The maximum Gasteiger partial charge on any atom is 0.330 e. The molecule has 1 aliphatic carbocycles. The lowest BCUT2D eigenvalue weighted by atomic mass is 9.89. The Morgan fingerprint density at radius 1 is 1.00 bits per heavy atom. The van der Waals surface area contributed by atoms with Gasteiger partial charge in [0, 0.05) is 12.1 Å². The third-order valence-electron chi connectivity index (χ3n) is 7.03. The highest BCUT2D eigenvalue weighted by Gasteiger charge is 2.23. The number of hydrogen-bond acceptors (Lipinski definition) is 4. The van der Waals surface area contributed by atoms with Gasteiger partial charge >= 0.3 is 5.69 Å². The fraction of sp³-hybridized carbons (Fsp3) is 0.407. The van der Waals surface area contributed by atoms with Crippen LogP contribution in [0.15, 0.2) is 53.3 Å². The summed E-state index contributed by atoms with van der Waals surface area (Å²) >= 11 is 0. The molecule has 2 aromatic heterocycles.